The van der Waals surface area contributed by atoms with Crippen molar-refractivity contribution in [2.45, 2.75) is 163 Å². The maximum Gasteiger partial charge on any atom is 0.220 e. The number of benzene rings is 2. The molecule has 0 radical (unpaired) electrons. The summed E-state index contributed by atoms with van der Waals surface area (Å²) < 4.78 is 0. The van der Waals surface area contributed by atoms with Gasteiger partial charge in [-0.2, -0.15) is 0 Å². The summed E-state index contributed by atoms with van der Waals surface area (Å²) in [5.41, 5.74) is 10.6. The number of hydrogen-bond donors (Lipinski definition) is 4. The monoisotopic (exact) mass is 639 g/mol. The van der Waals surface area contributed by atoms with Gasteiger partial charge < -0.3 is 21.3 Å². The molecule has 0 bridgehead atoms. The van der Waals surface area contributed by atoms with Crippen molar-refractivity contribution in [2.75, 3.05) is 6.54 Å². The zero-order chi connectivity index (χ0) is 35.7. The Morgan fingerprint density at radius 2 is 0.957 bits per heavy atom. The number of carbonyl (C=O) groups is 2. The van der Waals surface area contributed by atoms with E-state index in [9.17, 15) is 19.8 Å². The minimum atomic E-state index is -0.298. The Labute approximate surface area is 281 Å². The van der Waals surface area contributed by atoms with Crippen LogP contribution in [0.3, 0.4) is 0 Å². The molecule has 2 aromatic rings. The molecule has 0 aliphatic heterocycles. The van der Waals surface area contributed by atoms with E-state index in [4.69, 9.17) is 5.73 Å². The Morgan fingerprint density at radius 3 is 1.26 bits per heavy atom. The average Bonchev–Trinajstić information content (AvgIpc) is 2.89. The molecule has 46 heavy (non-hydrogen) atoms. The highest BCUT2D eigenvalue weighted by Gasteiger charge is 2.28. The molecule has 0 aromatic heterocycles. The number of carbonyl (C=O) groups excluding carboxylic acids is 2. The number of aryl methyl sites for hydroxylation is 2. The molecule has 0 saturated heterocycles. The molecule has 0 atom stereocenters. The number of aromatic hydroxyl groups is 2. The number of unbranched alkanes of at least 4 members (excludes halogenated alkanes) is 3. The number of phenolic OH excluding ortho intramolecular Hbond substituents is 2. The Kier molecular flexibility index (Phi) is 14.9. The molecule has 0 heterocycles. The fourth-order valence-electron chi connectivity index (χ4n) is 5.36. The second-order valence-corrected chi connectivity index (χ2v) is 17.0. The minimum absolute atomic E-state index is 0.115. The van der Waals surface area contributed by atoms with Crippen LogP contribution in [0.4, 0.5) is 0 Å². The largest absolute Gasteiger partial charge is 0.507 e. The van der Waals surface area contributed by atoms with Crippen molar-refractivity contribution in [1.29, 1.82) is 0 Å². The van der Waals surface area contributed by atoms with Gasteiger partial charge in [-0.3, -0.25) is 9.59 Å². The van der Waals surface area contributed by atoms with Crippen molar-refractivity contribution in [3.8, 4) is 11.5 Å². The van der Waals surface area contributed by atoms with Gasteiger partial charge in [0.05, 0.1) is 0 Å². The van der Waals surface area contributed by atoms with E-state index in [1.165, 1.54) is 19.3 Å². The number of nitrogens with two attached hydrogens (primary N) is 1. The summed E-state index contributed by atoms with van der Waals surface area (Å²) in [6, 6.07) is 8.12. The van der Waals surface area contributed by atoms with Crippen molar-refractivity contribution < 1.29 is 19.8 Å². The van der Waals surface area contributed by atoms with Crippen molar-refractivity contribution in [2.24, 2.45) is 5.73 Å². The van der Waals surface area contributed by atoms with E-state index in [1.54, 1.807) is 0 Å². The molecule has 6 heteroatoms. The van der Waals surface area contributed by atoms with Gasteiger partial charge >= 0.3 is 0 Å². The molecule has 0 spiro atoms. The number of nitrogens with one attached hydrogen (secondary N) is 1. The molecule has 0 aliphatic carbocycles. The SMILES string of the molecule is CC(C)(C)c1cc(CCC(N)=O)cc(C(C)(C)C)c1O.CCCCCCNC(=O)CCc1cc(C(C)(C)C)c(O)c(C(C)(C)C)c1. The van der Waals surface area contributed by atoms with Crippen LogP contribution in [0.25, 0.3) is 0 Å². The molecule has 2 amide bonds. The second kappa shape index (κ2) is 16.7. The van der Waals surface area contributed by atoms with Gasteiger partial charge in [0.25, 0.3) is 0 Å². The van der Waals surface area contributed by atoms with E-state index in [2.05, 4.69) is 107 Å². The average molecular weight is 639 g/mol. The molecule has 260 valence electrons. The highest BCUT2D eigenvalue weighted by Crippen LogP contribution is 2.41. The number of primary amides is 1. The number of hydrogen-bond acceptors (Lipinski definition) is 4. The first kappa shape index (κ1) is 41.0. The molecule has 0 aliphatic rings. The topological polar surface area (TPSA) is 113 Å². The first-order valence-electron chi connectivity index (χ1n) is 17.2. The quantitative estimate of drug-likeness (QED) is 0.184. The van der Waals surface area contributed by atoms with Crippen molar-refractivity contribution >= 4 is 11.8 Å². The lowest BCUT2D eigenvalue weighted by molar-refractivity contribution is -0.121. The summed E-state index contributed by atoms with van der Waals surface area (Å²) in [6.07, 6.45) is 6.81. The van der Waals surface area contributed by atoms with E-state index in [-0.39, 0.29) is 33.5 Å². The number of rotatable bonds is 11. The Balaban J connectivity index is 0.000000476. The van der Waals surface area contributed by atoms with Gasteiger partial charge in [0, 0.05) is 19.4 Å². The third kappa shape index (κ3) is 13.4. The summed E-state index contributed by atoms with van der Waals surface area (Å²) in [7, 11) is 0. The van der Waals surface area contributed by atoms with Gasteiger partial charge in [0.1, 0.15) is 11.5 Å². The summed E-state index contributed by atoms with van der Waals surface area (Å²) in [5, 5.41) is 24.4. The fourth-order valence-corrected chi connectivity index (χ4v) is 5.36. The van der Waals surface area contributed by atoms with Crippen LogP contribution < -0.4 is 11.1 Å². The maximum atomic E-state index is 12.1. The third-order valence-corrected chi connectivity index (χ3v) is 8.22. The second-order valence-electron chi connectivity index (χ2n) is 17.0. The molecule has 2 rings (SSSR count). The standard InChI is InChI=1S/C23H39NO2.C17H27NO2/c1-8-9-10-11-14-24-20(25)13-12-17-15-18(22(2,3)4)21(26)19(16-17)23(5,6)7;1-16(2,3)12-9-11(7-8-14(18)19)10-13(15(12)20)17(4,5)6/h15-16,26H,8-14H2,1-7H3,(H,24,25);9-10,20H,7-8H2,1-6H3,(H2,18,19). The maximum absolute atomic E-state index is 12.1. The highest BCUT2D eigenvalue weighted by atomic mass is 16.3. The normalized spacial score (nSPS) is 12.4. The van der Waals surface area contributed by atoms with Crippen LogP contribution in [-0.2, 0) is 44.1 Å². The van der Waals surface area contributed by atoms with E-state index < -0.39 is 0 Å². The number of phenols is 2. The Hall–Kier alpha value is -3.02. The van der Waals surface area contributed by atoms with Crippen molar-refractivity contribution in [3.05, 3.63) is 57.6 Å². The van der Waals surface area contributed by atoms with Gasteiger partial charge in [-0.1, -0.05) is 134 Å². The minimum Gasteiger partial charge on any atom is -0.507 e. The van der Waals surface area contributed by atoms with Gasteiger partial charge in [-0.15, -0.1) is 0 Å². The zero-order valence-corrected chi connectivity index (χ0v) is 31.5. The van der Waals surface area contributed by atoms with Gasteiger partial charge in [0.2, 0.25) is 11.8 Å². The molecule has 2 aromatic carbocycles. The summed E-state index contributed by atoms with van der Waals surface area (Å²) in [4.78, 5) is 23.1. The molecule has 5 N–H and O–H groups in total. The smallest absolute Gasteiger partial charge is 0.220 e. The molecular weight excluding hydrogens is 572 g/mol. The van der Waals surface area contributed by atoms with Crippen LogP contribution in [0.15, 0.2) is 24.3 Å². The van der Waals surface area contributed by atoms with Crippen LogP contribution in [0, 0.1) is 0 Å². The molecule has 6 nitrogen and oxygen atoms in total. The predicted octanol–water partition coefficient (Wildman–Crippen LogP) is 9.02. The van der Waals surface area contributed by atoms with Gasteiger partial charge in [-0.05, 0) is 74.3 Å². The molecule has 0 saturated carbocycles. The van der Waals surface area contributed by atoms with Gasteiger partial charge in [-0.25, -0.2) is 0 Å². The first-order valence-corrected chi connectivity index (χ1v) is 17.2. The van der Waals surface area contributed by atoms with Crippen LogP contribution >= 0.6 is 0 Å². The summed E-state index contributed by atoms with van der Waals surface area (Å²) in [6.45, 7) is 28.1. The van der Waals surface area contributed by atoms with Crippen molar-refractivity contribution in [1.82, 2.24) is 5.32 Å². The van der Waals surface area contributed by atoms with Crippen LogP contribution in [-0.4, -0.2) is 28.6 Å². The predicted molar refractivity (Wildman–Crippen MR) is 194 cm³/mol. The van der Waals surface area contributed by atoms with Crippen molar-refractivity contribution in [3.63, 3.8) is 0 Å². The van der Waals surface area contributed by atoms with E-state index in [0.717, 1.165) is 46.3 Å². The van der Waals surface area contributed by atoms with Crippen LogP contribution in [0.5, 0.6) is 11.5 Å². The lowest BCUT2D eigenvalue weighted by Crippen LogP contribution is -2.24. The number of amides is 2. The van der Waals surface area contributed by atoms with Gasteiger partial charge in [0.15, 0.2) is 0 Å². The summed E-state index contributed by atoms with van der Waals surface area (Å²) in [5.74, 6) is 0.582. The lowest BCUT2D eigenvalue weighted by Gasteiger charge is -2.28. The zero-order valence-electron chi connectivity index (χ0n) is 31.5. The molecule has 0 unspecified atom stereocenters. The molecule has 0 fully saturated rings. The fraction of sp³-hybridized carbons (Fsp3) is 0.650. The lowest BCUT2D eigenvalue weighted by atomic mass is 9.78. The van der Waals surface area contributed by atoms with E-state index >= 15 is 0 Å². The van der Waals surface area contributed by atoms with Crippen LogP contribution in [0.2, 0.25) is 0 Å². The first-order chi connectivity index (χ1) is 20.9. The summed E-state index contributed by atoms with van der Waals surface area (Å²) >= 11 is 0. The van der Waals surface area contributed by atoms with Crippen LogP contribution in [0.1, 0.15) is 162 Å². The highest BCUT2D eigenvalue weighted by molar-refractivity contribution is 5.76. The Bertz CT molecular complexity index is 1230. The Morgan fingerprint density at radius 1 is 0.609 bits per heavy atom. The third-order valence-electron chi connectivity index (χ3n) is 8.22. The van der Waals surface area contributed by atoms with E-state index in [1.807, 2.05) is 12.1 Å². The van der Waals surface area contributed by atoms with E-state index in [0.29, 0.717) is 37.2 Å². The molecular formula is C40H66N2O4.